The molecule has 7 heteroatoms. The number of nitrogens with two attached hydrogens (primary N) is 1. The molecule has 1 amide bonds. The third-order valence-corrected chi connectivity index (χ3v) is 5.94. The highest BCUT2D eigenvalue weighted by Crippen LogP contribution is 2.30. The summed E-state index contributed by atoms with van der Waals surface area (Å²) in [4.78, 5) is 14.6. The van der Waals surface area contributed by atoms with Gasteiger partial charge in [-0.05, 0) is 75.6 Å². The highest BCUT2D eigenvalue weighted by Gasteiger charge is 2.28. The minimum atomic E-state index is -0.306. The summed E-state index contributed by atoms with van der Waals surface area (Å²) in [5.74, 6) is 1.65. The van der Waals surface area contributed by atoms with Crippen molar-refractivity contribution in [2.45, 2.75) is 77.3 Å². The lowest BCUT2D eigenvalue weighted by atomic mass is 10.0. The first-order valence-electron chi connectivity index (χ1n) is 12.2. The number of benzene rings is 1. The number of likely N-dealkylation sites (N-methyl/N-ethyl adjacent to an activating group) is 1. The fourth-order valence-electron chi connectivity index (χ4n) is 4.21. The number of carbonyl (C=O) groups excluding carboxylic acids is 1. The molecular formula is C26H44ClN3O3. The number of unbranched alkanes of at least 4 members (excludes halogenated alkanes) is 2. The van der Waals surface area contributed by atoms with E-state index in [1.54, 1.807) is 7.11 Å². The summed E-state index contributed by atoms with van der Waals surface area (Å²) in [6.07, 6.45) is 12.6. The second-order valence-corrected chi connectivity index (χ2v) is 9.17. The molecule has 0 saturated carbocycles. The molecule has 1 aromatic rings. The van der Waals surface area contributed by atoms with Crippen LogP contribution >= 0.6 is 12.4 Å². The topological polar surface area (TPSA) is 76.8 Å². The molecule has 33 heavy (non-hydrogen) atoms. The van der Waals surface area contributed by atoms with E-state index in [0.29, 0.717) is 17.4 Å². The number of methoxy groups -OCH3 is 1. The molecule has 0 radical (unpaired) electrons. The Balaban J connectivity index is 0.00000544. The van der Waals surface area contributed by atoms with Gasteiger partial charge >= 0.3 is 6.09 Å². The number of hydrogen-bond acceptors (Lipinski definition) is 5. The minimum absolute atomic E-state index is 0. The van der Waals surface area contributed by atoms with Crippen LogP contribution in [-0.2, 0) is 6.42 Å². The van der Waals surface area contributed by atoms with E-state index in [1.165, 1.54) is 6.42 Å². The molecule has 1 fully saturated rings. The molecule has 0 bridgehead atoms. The third kappa shape index (κ3) is 10.4. The van der Waals surface area contributed by atoms with E-state index in [-0.39, 0.29) is 30.6 Å². The molecule has 2 unspecified atom stereocenters. The van der Waals surface area contributed by atoms with Crippen LogP contribution in [0.5, 0.6) is 11.5 Å². The largest absolute Gasteiger partial charge is 0.493 e. The van der Waals surface area contributed by atoms with Crippen LogP contribution in [0.4, 0.5) is 4.79 Å². The smallest absolute Gasteiger partial charge is 0.415 e. The third-order valence-electron chi connectivity index (χ3n) is 5.94. The van der Waals surface area contributed by atoms with E-state index in [2.05, 4.69) is 31.3 Å². The summed E-state index contributed by atoms with van der Waals surface area (Å²) in [6.45, 7) is 5.90. The second kappa shape index (κ2) is 16.0. The zero-order valence-electron chi connectivity index (χ0n) is 20.8. The lowest BCUT2D eigenvalue weighted by Crippen LogP contribution is -2.49. The van der Waals surface area contributed by atoms with Crippen LogP contribution in [0.3, 0.4) is 0 Å². The lowest BCUT2D eigenvalue weighted by Gasteiger charge is -2.34. The van der Waals surface area contributed by atoms with Gasteiger partial charge in [0.25, 0.3) is 0 Å². The molecule has 0 spiro atoms. The van der Waals surface area contributed by atoms with Crippen molar-refractivity contribution in [3.05, 3.63) is 35.9 Å². The molecule has 1 aliphatic rings. The Hall–Kier alpha value is -1.76. The van der Waals surface area contributed by atoms with Gasteiger partial charge in [-0.25, -0.2) is 4.79 Å². The molecule has 3 N–H and O–H groups in total. The van der Waals surface area contributed by atoms with Crippen molar-refractivity contribution in [3.8, 4) is 11.5 Å². The zero-order chi connectivity index (χ0) is 23.3. The van der Waals surface area contributed by atoms with E-state index in [0.717, 1.165) is 63.6 Å². The summed E-state index contributed by atoms with van der Waals surface area (Å²) in [5.41, 5.74) is 7.46. The van der Waals surface area contributed by atoms with Crippen molar-refractivity contribution in [1.82, 2.24) is 10.2 Å². The van der Waals surface area contributed by atoms with Crippen molar-refractivity contribution >= 4 is 18.5 Å². The summed E-state index contributed by atoms with van der Waals surface area (Å²) in [5, 5.41) is 3.17. The van der Waals surface area contributed by atoms with Gasteiger partial charge in [0, 0.05) is 25.2 Å². The normalized spacial score (nSPS) is 17.2. The second-order valence-electron chi connectivity index (χ2n) is 9.17. The molecule has 1 saturated heterocycles. The van der Waals surface area contributed by atoms with E-state index < -0.39 is 0 Å². The molecule has 1 aromatic carbocycles. The van der Waals surface area contributed by atoms with Gasteiger partial charge in [-0.15, -0.1) is 12.4 Å². The number of allylic oxidation sites excluding steroid dienone is 2. The predicted molar refractivity (Wildman–Crippen MR) is 139 cm³/mol. The summed E-state index contributed by atoms with van der Waals surface area (Å²) >= 11 is 0. The number of hydrogen-bond donors (Lipinski definition) is 2. The number of nitrogens with one attached hydrogen (secondary N) is 1. The SMILES string of the molecule is CNCC1CCCCN1C(=O)Oc1ccc(CC(N)CCCC/C=C/C(C)C)cc1OC.Cl. The van der Waals surface area contributed by atoms with E-state index >= 15 is 0 Å². The van der Waals surface area contributed by atoms with Crippen LogP contribution in [0.1, 0.15) is 64.4 Å². The maximum atomic E-state index is 12.8. The quantitative estimate of drug-likeness (QED) is 0.311. The van der Waals surface area contributed by atoms with Crippen molar-refractivity contribution in [1.29, 1.82) is 0 Å². The standard InChI is InChI=1S/C26H43N3O3.ClH/c1-20(2)11-7-5-6-8-12-22(27)17-21-14-15-24(25(18-21)31-4)32-26(30)29-16-10-9-13-23(29)19-28-3;/h7,11,14-15,18,20,22-23,28H,5-6,8-10,12-13,16-17,19,27H2,1-4H3;1H/b11-7+;. The summed E-state index contributed by atoms with van der Waals surface area (Å²) in [6, 6.07) is 6.03. The van der Waals surface area contributed by atoms with Crippen LogP contribution in [0.15, 0.2) is 30.4 Å². The van der Waals surface area contributed by atoms with Gasteiger partial charge in [0.2, 0.25) is 0 Å². The lowest BCUT2D eigenvalue weighted by molar-refractivity contribution is 0.112. The van der Waals surface area contributed by atoms with Crippen LogP contribution in [0.25, 0.3) is 0 Å². The highest BCUT2D eigenvalue weighted by molar-refractivity contribution is 5.85. The number of piperidine rings is 1. The van der Waals surface area contributed by atoms with Gasteiger partial charge < -0.3 is 25.4 Å². The van der Waals surface area contributed by atoms with Crippen LogP contribution in [0, 0.1) is 5.92 Å². The number of amides is 1. The number of rotatable bonds is 12. The summed E-state index contributed by atoms with van der Waals surface area (Å²) in [7, 11) is 3.51. The molecular weight excluding hydrogens is 438 g/mol. The van der Waals surface area contributed by atoms with E-state index in [9.17, 15) is 4.79 Å². The maximum absolute atomic E-state index is 12.8. The molecule has 0 aromatic heterocycles. The Kier molecular flexibility index (Phi) is 14.2. The Morgan fingerprint density at radius 1 is 1.27 bits per heavy atom. The van der Waals surface area contributed by atoms with Crippen LogP contribution in [-0.4, -0.2) is 50.3 Å². The average molecular weight is 482 g/mol. The monoisotopic (exact) mass is 481 g/mol. The molecule has 0 aliphatic carbocycles. The first-order valence-corrected chi connectivity index (χ1v) is 12.2. The Labute approximate surface area is 206 Å². The number of halogens is 1. The van der Waals surface area contributed by atoms with E-state index in [1.807, 2.05) is 30.1 Å². The predicted octanol–water partition coefficient (Wildman–Crippen LogP) is 5.33. The maximum Gasteiger partial charge on any atom is 0.415 e. The first-order chi connectivity index (χ1) is 15.4. The van der Waals surface area contributed by atoms with Gasteiger partial charge in [0.15, 0.2) is 11.5 Å². The van der Waals surface area contributed by atoms with Gasteiger partial charge in [-0.1, -0.05) is 38.5 Å². The van der Waals surface area contributed by atoms with Crippen molar-refractivity contribution < 1.29 is 14.3 Å². The number of nitrogens with zero attached hydrogens (tertiary/aromatic N) is 1. The fourth-order valence-corrected chi connectivity index (χ4v) is 4.21. The first kappa shape index (κ1) is 29.3. The molecule has 2 rings (SSSR count). The van der Waals surface area contributed by atoms with E-state index in [4.69, 9.17) is 15.2 Å². The van der Waals surface area contributed by atoms with Crippen LogP contribution in [0.2, 0.25) is 0 Å². The zero-order valence-corrected chi connectivity index (χ0v) is 21.7. The van der Waals surface area contributed by atoms with Gasteiger partial charge in [-0.3, -0.25) is 0 Å². The summed E-state index contributed by atoms with van der Waals surface area (Å²) < 4.78 is 11.2. The van der Waals surface area contributed by atoms with Gasteiger partial charge in [0.05, 0.1) is 7.11 Å². The van der Waals surface area contributed by atoms with Crippen molar-refractivity contribution in [2.75, 3.05) is 27.2 Å². The van der Waals surface area contributed by atoms with Crippen molar-refractivity contribution in [2.24, 2.45) is 11.7 Å². The fraction of sp³-hybridized carbons (Fsp3) is 0.654. The van der Waals surface area contributed by atoms with Gasteiger partial charge in [0.1, 0.15) is 0 Å². The number of carbonyl (C=O) groups is 1. The van der Waals surface area contributed by atoms with Gasteiger partial charge in [-0.2, -0.15) is 0 Å². The van der Waals surface area contributed by atoms with Crippen molar-refractivity contribution in [3.63, 3.8) is 0 Å². The molecule has 1 heterocycles. The number of likely N-dealkylation sites (tertiary alicyclic amines) is 1. The average Bonchev–Trinajstić information content (AvgIpc) is 2.77. The highest BCUT2D eigenvalue weighted by atomic mass is 35.5. The molecule has 6 nitrogen and oxygen atoms in total. The Bertz CT molecular complexity index is 725. The Morgan fingerprint density at radius 3 is 2.76 bits per heavy atom. The Morgan fingerprint density at radius 2 is 2.06 bits per heavy atom. The minimum Gasteiger partial charge on any atom is -0.493 e. The molecule has 188 valence electrons. The molecule has 2 atom stereocenters. The number of ether oxygens (including phenoxy) is 2. The van der Waals surface area contributed by atoms with Crippen LogP contribution < -0.4 is 20.5 Å². The molecule has 1 aliphatic heterocycles.